The maximum absolute atomic E-state index is 12.8. The zero-order valence-electron chi connectivity index (χ0n) is 19.4. The van der Waals surface area contributed by atoms with E-state index in [4.69, 9.17) is 0 Å². The number of nitrogens with zero attached hydrogens (tertiary/aromatic N) is 2. The third kappa shape index (κ3) is 5.91. The molecule has 7 heteroatoms. The molecule has 1 fully saturated rings. The number of amides is 1. The van der Waals surface area contributed by atoms with Gasteiger partial charge in [-0.15, -0.1) is 0 Å². The third-order valence-corrected chi connectivity index (χ3v) is 8.18. The van der Waals surface area contributed by atoms with Crippen LogP contribution in [0.4, 0.5) is 0 Å². The van der Waals surface area contributed by atoms with E-state index in [1.165, 1.54) is 5.56 Å². The standard InChI is InChI=1S/C27H31N3O3S/c1-22(24-8-4-2-5-9-24)20-28-27(31)25-14-12-23(13-15-25)21-29-16-18-30(19-17-29)34(32,33)26-10-6-3-7-11-26/h2-15,22H,16-21H2,1H3,(H,28,31)/t22-/m0/s1. The van der Waals surface area contributed by atoms with Gasteiger partial charge in [0.05, 0.1) is 4.90 Å². The summed E-state index contributed by atoms with van der Waals surface area (Å²) in [5.41, 5.74) is 2.95. The van der Waals surface area contributed by atoms with Crippen molar-refractivity contribution in [3.63, 3.8) is 0 Å². The molecule has 1 aliphatic rings. The predicted octanol–water partition coefficient (Wildman–Crippen LogP) is 3.73. The molecule has 1 saturated heterocycles. The summed E-state index contributed by atoms with van der Waals surface area (Å²) < 4.78 is 27.2. The third-order valence-electron chi connectivity index (χ3n) is 6.27. The van der Waals surface area contributed by atoms with Crippen LogP contribution in [-0.2, 0) is 16.6 Å². The Morgan fingerprint density at radius 3 is 2.06 bits per heavy atom. The number of carbonyl (C=O) groups is 1. The molecule has 1 N–H and O–H groups in total. The van der Waals surface area contributed by atoms with Crippen molar-refractivity contribution in [1.29, 1.82) is 0 Å². The van der Waals surface area contributed by atoms with E-state index in [1.807, 2.05) is 48.5 Å². The average Bonchev–Trinajstić information content (AvgIpc) is 2.89. The van der Waals surface area contributed by atoms with Gasteiger partial charge < -0.3 is 5.32 Å². The van der Waals surface area contributed by atoms with E-state index in [0.29, 0.717) is 43.2 Å². The van der Waals surface area contributed by atoms with Crippen molar-refractivity contribution in [2.45, 2.75) is 24.3 Å². The van der Waals surface area contributed by atoms with Crippen LogP contribution in [0.3, 0.4) is 0 Å². The first-order valence-electron chi connectivity index (χ1n) is 11.6. The second kappa shape index (κ2) is 11.0. The van der Waals surface area contributed by atoms with Gasteiger partial charge >= 0.3 is 0 Å². The molecule has 4 rings (SSSR count). The first-order chi connectivity index (χ1) is 16.4. The SMILES string of the molecule is C[C@@H](CNC(=O)c1ccc(CN2CCN(S(=O)(=O)c3ccccc3)CC2)cc1)c1ccccc1. The molecule has 34 heavy (non-hydrogen) atoms. The molecule has 0 unspecified atom stereocenters. The number of hydrogen-bond acceptors (Lipinski definition) is 4. The Labute approximate surface area is 202 Å². The Morgan fingerprint density at radius 2 is 1.44 bits per heavy atom. The molecule has 1 aliphatic heterocycles. The Morgan fingerprint density at radius 1 is 0.853 bits per heavy atom. The molecule has 1 heterocycles. The smallest absolute Gasteiger partial charge is 0.251 e. The van der Waals surface area contributed by atoms with Crippen LogP contribution in [0.15, 0.2) is 89.8 Å². The van der Waals surface area contributed by atoms with Crippen LogP contribution >= 0.6 is 0 Å². The lowest BCUT2D eigenvalue weighted by atomic mass is 10.0. The summed E-state index contributed by atoms with van der Waals surface area (Å²) in [6.07, 6.45) is 0. The largest absolute Gasteiger partial charge is 0.351 e. The highest BCUT2D eigenvalue weighted by atomic mass is 32.2. The van der Waals surface area contributed by atoms with Gasteiger partial charge in [-0.05, 0) is 41.3 Å². The Kier molecular flexibility index (Phi) is 7.77. The molecule has 1 amide bonds. The molecule has 0 saturated carbocycles. The van der Waals surface area contributed by atoms with E-state index in [2.05, 4.69) is 29.3 Å². The normalized spacial score (nSPS) is 16.1. The summed E-state index contributed by atoms with van der Waals surface area (Å²) >= 11 is 0. The van der Waals surface area contributed by atoms with Gasteiger partial charge in [0.2, 0.25) is 10.0 Å². The summed E-state index contributed by atoms with van der Waals surface area (Å²) in [7, 11) is -3.44. The Hall–Kier alpha value is -3.00. The summed E-state index contributed by atoms with van der Waals surface area (Å²) in [5.74, 6) is 0.169. The van der Waals surface area contributed by atoms with Crippen LogP contribution in [0, 0.1) is 0 Å². The first-order valence-corrected chi connectivity index (χ1v) is 13.1. The van der Waals surface area contributed by atoms with Crippen LogP contribution in [0.1, 0.15) is 34.3 Å². The van der Waals surface area contributed by atoms with Crippen molar-refractivity contribution < 1.29 is 13.2 Å². The van der Waals surface area contributed by atoms with Crippen LogP contribution in [0.5, 0.6) is 0 Å². The molecule has 0 bridgehead atoms. The van der Waals surface area contributed by atoms with Gasteiger partial charge in [-0.1, -0.05) is 67.6 Å². The average molecular weight is 478 g/mol. The fraction of sp³-hybridized carbons (Fsp3) is 0.296. The Balaban J connectivity index is 1.26. The van der Waals surface area contributed by atoms with E-state index in [-0.39, 0.29) is 11.8 Å². The number of nitrogens with one attached hydrogen (secondary N) is 1. The highest BCUT2D eigenvalue weighted by molar-refractivity contribution is 7.89. The number of hydrogen-bond donors (Lipinski definition) is 1. The van der Waals surface area contributed by atoms with Crippen molar-refractivity contribution in [3.05, 3.63) is 102 Å². The van der Waals surface area contributed by atoms with Gasteiger partial charge in [0.15, 0.2) is 0 Å². The molecule has 6 nitrogen and oxygen atoms in total. The molecule has 178 valence electrons. The monoisotopic (exact) mass is 477 g/mol. The number of carbonyl (C=O) groups excluding carboxylic acids is 1. The second-order valence-electron chi connectivity index (χ2n) is 8.71. The predicted molar refractivity (Wildman–Crippen MR) is 134 cm³/mol. The fourth-order valence-electron chi connectivity index (χ4n) is 4.14. The number of rotatable bonds is 8. The minimum atomic E-state index is -3.44. The number of piperazine rings is 1. The van der Waals surface area contributed by atoms with E-state index >= 15 is 0 Å². The summed E-state index contributed by atoms with van der Waals surface area (Å²) in [5, 5.41) is 3.02. The van der Waals surface area contributed by atoms with Crippen LogP contribution in [0.25, 0.3) is 0 Å². The maximum Gasteiger partial charge on any atom is 0.251 e. The maximum atomic E-state index is 12.8. The van der Waals surface area contributed by atoms with Gasteiger partial charge in [0, 0.05) is 44.8 Å². The van der Waals surface area contributed by atoms with E-state index in [0.717, 1.165) is 12.1 Å². The van der Waals surface area contributed by atoms with Crippen molar-refractivity contribution in [3.8, 4) is 0 Å². The molecule has 0 spiro atoms. The van der Waals surface area contributed by atoms with Crippen LogP contribution < -0.4 is 5.32 Å². The number of benzene rings is 3. The fourth-order valence-corrected chi connectivity index (χ4v) is 5.58. The van der Waals surface area contributed by atoms with Crippen LogP contribution in [-0.4, -0.2) is 56.3 Å². The lowest BCUT2D eigenvalue weighted by molar-refractivity contribution is 0.0951. The number of sulfonamides is 1. The molecule has 0 aromatic heterocycles. The zero-order chi connectivity index (χ0) is 24.0. The highest BCUT2D eigenvalue weighted by Gasteiger charge is 2.28. The van der Waals surface area contributed by atoms with Gasteiger partial charge in [-0.25, -0.2) is 8.42 Å². The second-order valence-corrected chi connectivity index (χ2v) is 10.6. The van der Waals surface area contributed by atoms with Crippen molar-refractivity contribution in [2.24, 2.45) is 0 Å². The van der Waals surface area contributed by atoms with Crippen molar-refractivity contribution in [2.75, 3.05) is 32.7 Å². The van der Waals surface area contributed by atoms with Gasteiger partial charge in [-0.3, -0.25) is 9.69 Å². The first kappa shape index (κ1) is 24.1. The molecular weight excluding hydrogens is 446 g/mol. The minimum Gasteiger partial charge on any atom is -0.351 e. The van der Waals surface area contributed by atoms with Gasteiger partial charge in [0.1, 0.15) is 0 Å². The quantitative estimate of drug-likeness (QED) is 0.537. The van der Waals surface area contributed by atoms with E-state index in [1.54, 1.807) is 28.6 Å². The zero-order valence-corrected chi connectivity index (χ0v) is 20.2. The molecule has 1 atom stereocenters. The minimum absolute atomic E-state index is 0.0749. The lowest BCUT2D eigenvalue weighted by Gasteiger charge is -2.34. The van der Waals surface area contributed by atoms with Gasteiger partial charge in [0.25, 0.3) is 5.91 Å². The van der Waals surface area contributed by atoms with Crippen molar-refractivity contribution in [1.82, 2.24) is 14.5 Å². The molecule has 3 aromatic rings. The molecule has 3 aromatic carbocycles. The van der Waals surface area contributed by atoms with Crippen molar-refractivity contribution >= 4 is 15.9 Å². The lowest BCUT2D eigenvalue weighted by Crippen LogP contribution is -2.48. The topological polar surface area (TPSA) is 69.7 Å². The molecule has 0 aliphatic carbocycles. The highest BCUT2D eigenvalue weighted by Crippen LogP contribution is 2.18. The van der Waals surface area contributed by atoms with E-state index < -0.39 is 10.0 Å². The molecular formula is C27H31N3O3S. The van der Waals surface area contributed by atoms with Crippen LogP contribution in [0.2, 0.25) is 0 Å². The Bertz CT molecular complexity index is 1170. The summed E-state index contributed by atoms with van der Waals surface area (Å²) in [4.78, 5) is 15.1. The molecule has 0 radical (unpaired) electrons. The van der Waals surface area contributed by atoms with Gasteiger partial charge in [-0.2, -0.15) is 4.31 Å². The summed E-state index contributed by atoms with van der Waals surface area (Å²) in [6, 6.07) is 26.4. The van der Waals surface area contributed by atoms with E-state index in [9.17, 15) is 13.2 Å². The summed E-state index contributed by atoms with van der Waals surface area (Å²) in [6.45, 7) is 5.70.